The van der Waals surface area contributed by atoms with Crippen molar-refractivity contribution in [2.75, 3.05) is 30.3 Å². The SMILES string of the molecule is CCS(=O)(=O)N1CCc2nc(N3CCC(C)CC3)nc(Oc3cccc(F)c3)c2C1. The first-order valence-electron chi connectivity index (χ1n) is 10.4. The minimum atomic E-state index is -3.35. The molecule has 1 fully saturated rings. The summed E-state index contributed by atoms with van der Waals surface area (Å²) in [6.45, 7) is 6.16. The summed E-state index contributed by atoms with van der Waals surface area (Å²) >= 11 is 0. The van der Waals surface area contributed by atoms with E-state index in [4.69, 9.17) is 9.72 Å². The zero-order valence-electron chi connectivity index (χ0n) is 17.3. The Morgan fingerprint density at radius 3 is 2.67 bits per heavy atom. The Morgan fingerprint density at radius 2 is 1.97 bits per heavy atom. The molecule has 0 aliphatic carbocycles. The molecule has 0 N–H and O–H groups in total. The van der Waals surface area contributed by atoms with Gasteiger partial charge < -0.3 is 9.64 Å². The monoisotopic (exact) mass is 434 g/mol. The number of nitrogens with zero attached hydrogens (tertiary/aromatic N) is 4. The number of rotatable bonds is 5. The molecule has 2 aromatic rings. The Morgan fingerprint density at radius 1 is 1.20 bits per heavy atom. The predicted octanol–water partition coefficient (Wildman–Crippen LogP) is 3.35. The number of fused-ring (bicyclic) bond motifs is 1. The third-order valence-corrected chi connectivity index (χ3v) is 7.64. The summed E-state index contributed by atoms with van der Waals surface area (Å²) in [7, 11) is -3.35. The number of sulfonamides is 1. The van der Waals surface area contributed by atoms with Crippen LogP contribution in [0.4, 0.5) is 10.3 Å². The zero-order chi connectivity index (χ0) is 21.3. The van der Waals surface area contributed by atoms with E-state index in [1.807, 2.05) is 0 Å². The first-order valence-corrected chi connectivity index (χ1v) is 12.0. The van der Waals surface area contributed by atoms with Gasteiger partial charge in [0.25, 0.3) is 0 Å². The van der Waals surface area contributed by atoms with Crippen LogP contribution in [-0.4, -0.2) is 48.1 Å². The third-order valence-electron chi connectivity index (χ3n) is 5.81. The molecule has 3 heterocycles. The standard InChI is InChI=1S/C21H27FN4O3S/c1-3-30(27,28)26-12-9-19-18(14-26)20(29-17-6-4-5-16(22)13-17)24-21(23-19)25-10-7-15(2)8-11-25/h4-6,13,15H,3,7-12,14H2,1-2H3. The first-order chi connectivity index (χ1) is 14.4. The number of ether oxygens (including phenoxy) is 1. The van der Waals surface area contributed by atoms with Crippen LogP contribution in [0.3, 0.4) is 0 Å². The summed E-state index contributed by atoms with van der Waals surface area (Å²) in [6, 6.07) is 5.86. The fraction of sp³-hybridized carbons (Fsp3) is 0.524. The van der Waals surface area contributed by atoms with Gasteiger partial charge in [-0.25, -0.2) is 17.8 Å². The van der Waals surface area contributed by atoms with Crippen molar-refractivity contribution in [3.05, 3.63) is 41.3 Å². The molecule has 2 aliphatic heterocycles. The van der Waals surface area contributed by atoms with Crippen LogP contribution in [0, 0.1) is 11.7 Å². The molecule has 0 amide bonds. The molecule has 9 heteroatoms. The van der Waals surface area contributed by atoms with Gasteiger partial charge in [-0.15, -0.1) is 0 Å². The molecule has 30 heavy (non-hydrogen) atoms. The predicted molar refractivity (Wildman–Crippen MR) is 113 cm³/mol. The topological polar surface area (TPSA) is 75.6 Å². The maximum atomic E-state index is 13.7. The first kappa shape index (κ1) is 21.0. The van der Waals surface area contributed by atoms with Crippen LogP contribution in [0.25, 0.3) is 0 Å². The van der Waals surface area contributed by atoms with Crippen molar-refractivity contribution in [2.45, 2.75) is 39.7 Å². The van der Waals surface area contributed by atoms with E-state index in [0.29, 0.717) is 42.0 Å². The molecule has 1 saturated heterocycles. The molecule has 7 nitrogen and oxygen atoms in total. The number of hydrogen-bond donors (Lipinski definition) is 0. The van der Waals surface area contributed by atoms with Crippen LogP contribution < -0.4 is 9.64 Å². The molecule has 2 aliphatic rings. The highest BCUT2D eigenvalue weighted by molar-refractivity contribution is 7.89. The summed E-state index contributed by atoms with van der Waals surface area (Å²) in [5.41, 5.74) is 1.45. The van der Waals surface area contributed by atoms with E-state index in [0.717, 1.165) is 31.6 Å². The summed E-state index contributed by atoms with van der Waals surface area (Å²) < 4.78 is 45.9. The van der Waals surface area contributed by atoms with Crippen LogP contribution in [0.2, 0.25) is 0 Å². The molecule has 162 valence electrons. The molecule has 1 aromatic carbocycles. The molecular weight excluding hydrogens is 407 g/mol. The Kier molecular flexibility index (Phi) is 5.92. The molecule has 0 unspecified atom stereocenters. The second-order valence-corrected chi connectivity index (χ2v) is 10.2. The highest BCUT2D eigenvalue weighted by Crippen LogP contribution is 2.33. The molecule has 1 aromatic heterocycles. The quantitative estimate of drug-likeness (QED) is 0.718. The number of hydrogen-bond acceptors (Lipinski definition) is 6. The summed E-state index contributed by atoms with van der Waals surface area (Å²) in [5, 5.41) is 0. The molecular formula is C21H27FN4O3S. The van der Waals surface area contributed by atoms with E-state index in [-0.39, 0.29) is 12.3 Å². The Hall–Kier alpha value is -2.26. The molecule has 4 rings (SSSR count). The normalized spacial score (nSPS) is 18.3. The van der Waals surface area contributed by atoms with Gasteiger partial charge in [0.2, 0.25) is 21.9 Å². The van der Waals surface area contributed by atoms with Crippen LogP contribution in [0.5, 0.6) is 11.6 Å². The van der Waals surface area contributed by atoms with Gasteiger partial charge in [0, 0.05) is 38.7 Å². The zero-order valence-corrected chi connectivity index (χ0v) is 18.2. The van der Waals surface area contributed by atoms with Crippen molar-refractivity contribution in [1.29, 1.82) is 0 Å². The van der Waals surface area contributed by atoms with E-state index in [2.05, 4.69) is 16.8 Å². The van der Waals surface area contributed by atoms with Crippen molar-refractivity contribution < 1.29 is 17.5 Å². The van der Waals surface area contributed by atoms with E-state index in [1.54, 1.807) is 19.1 Å². The van der Waals surface area contributed by atoms with Crippen LogP contribution >= 0.6 is 0 Å². The largest absolute Gasteiger partial charge is 0.438 e. The number of anilines is 1. The Balaban J connectivity index is 1.71. The van der Waals surface area contributed by atoms with Crippen molar-refractivity contribution in [3.8, 4) is 11.6 Å². The van der Waals surface area contributed by atoms with Crippen LogP contribution in [-0.2, 0) is 23.0 Å². The lowest BCUT2D eigenvalue weighted by Gasteiger charge is -2.32. The Labute approximate surface area is 176 Å². The van der Waals surface area contributed by atoms with Crippen LogP contribution in [0.15, 0.2) is 24.3 Å². The lowest BCUT2D eigenvalue weighted by atomic mass is 9.99. The smallest absolute Gasteiger partial charge is 0.228 e. The van der Waals surface area contributed by atoms with Gasteiger partial charge in [-0.1, -0.05) is 13.0 Å². The van der Waals surface area contributed by atoms with E-state index < -0.39 is 15.8 Å². The lowest BCUT2D eigenvalue weighted by Crippen LogP contribution is -2.38. The summed E-state index contributed by atoms with van der Waals surface area (Å²) in [4.78, 5) is 11.6. The van der Waals surface area contributed by atoms with Crippen molar-refractivity contribution in [3.63, 3.8) is 0 Å². The minimum Gasteiger partial charge on any atom is -0.438 e. The third kappa shape index (κ3) is 4.41. The number of halogens is 1. The highest BCUT2D eigenvalue weighted by Gasteiger charge is 2.31. The van der Waals surface area contributed by atoms with Gasteiger partial charge in [0.05, 0.1) is 17.0 Å². The van der Waals surface area contributed by atoms with Gasteiger partial charge in [-0.05, 0) is 37.8 Å². The average molecular weight is 435 g/mol. The second-order valence-electron chi connectivity index (χ2n) is 7.97. The summed E-state index contributed by atoms with van der Waals surface area (Å²) in [6.07, 6.45) is 2.64. The number of piperidine rings is 1. The molecule has 0 atom stereocenters. The van der Waals surface area contributed by atoms with Crippen LogP contribution in [0.1, 0.15) is 37.9 Å². The molecule has 0 saturated carbocycles. The van der Waals surface area contributed by atoms with Gasteiger partial charge in [-0.3, -0.25) is 0 Å². The van der Waals surface area contributed by atoms with Gasteiger partial charge in [-0.2, -0.15) is 9.29 Å². The van der Waals surface area contributed by atoms with Crippen molar-refractivity contribution in [2.24, 2.45) is 5.92 Å². The second kappa shape index (κ2) is 8.47. The minimum absolute atomic E-state index is 0.0350. The number of aromatic nitrogens is 2. The van der Waals surface area contributed by atoms with Gasteiger partial charge >= 0.3 is 0 Å². The van der Waals surface area contributed by atoms with E-state index in [1.165, 1.54) is 16.4 Å². The fourth-order valence-electron chi connectivity index (χ4n) is 3.84. The maximum Gasteiger partial charge on any atom is 0.228 e. The highest BCUT2D eigenvalue weighted by atomic mass is 32.2. The maximum absolute atomic E-state index is 13.7. The lowest BCUT2D eigenvalue weighted by molar-refractivity contribution is 0.368. The van der Waals surface area contributed by atoms with Crippen molar-refractivity contribution >= 4 is 16.0 Å². The Bertz CT molecular complexity index is 1020. The molecule has 0 radical (unpaired) electrons. The number of benzene rings is 1. The fourth-order valence-corrected chi connectivity index (χ4v) is 4.90. The van der Waals surface area contributed by atoms with Gasteiger partial charge in [0.15, 0.2) is 0 Å². The average Bonchev–Trinajstić information content (AvgIpc) is 2.74. The van der Waals surface area contributed by atoms with E-state index in [9.17, 15) is 12.8 Å². The van der Waals surface area contributed by atoms with Crippen molar-refractivity contribution in [1.82, 2.24) is 14.3 Å². The summed E-state index contributed by atoms with van der Waals surface area (Å²) in [5.74, 6) is 1.53. The van der Waals surface area contributed by atoms with Gasteiger partial charge in [0.1, 0.15) is 11.6 Å². The molecule has 0 bridgehead atoms. The van der Waals surface area contributed by atoms with E-state index >= 15 is 0 Å². The molecule has 0 spiro atoms.